The van der Waals surface area contributed by atoms with Crippen molar-refractivity contribution < 1.29 is 20.0 Å². The van der Waals surface area contributed by atoms with Gasteiger partial charge in [-0.25, -0.2) is 4.90 Å². The number of rotatable bonds is 6. The first kappa shape index (κ1) is 15.0. The smallest absolute Gasteiger partial charge is 0.292 e. The van der Waals surface area contributed by atoms with E-state index >= 15 is 0 Å². The number of amides is 2. The molecule has 0 spiro atoms. The van der Waals surface area contributed by atoms with Crippen LogP contribution in [-0.2, 0) is 9.59 Å². The van der Waals surface area contributed by atoms with Crippen molar-refractivity contribution in [3.05, 3.63) is 29.3 Å². The number of nitrogens with two attached hydrogens (primary N) is 1. The number of imide groups is 1. The van der Waals surface area contributed by atoms with Gasteiger partial charge in [-0.3, -0.25) is 9.59 Å². The molecule has 6 heteroatoms. The Bertz CT molecular complexity index is 490. The minimum absolute atomic E-state index is 0.155. The molecule has 2 rings (SSSR count). The predicted molar refractivity (Wildman–Crippen MR) is 75.5 cm³/mol. The molecule has 1 aromatic carbocycles. The summed E-state index contributed by atoms with van der Waals surface area (Å²) in [6, 6.07) is 6.32. The molecular weight excluding hydrogens is 280 g/mol. The van der Waals surface area contributed by atoms with Gasteiger partial charge in [0.1, 0.15) is 0 Å². The molecule has 0 bridgehead atoms. The van der Waals surface area contributed by atoms with Gasteiger partial charge in [0.2, 0.25) is 5.91 Å². The number of anilines is 1. The summed E-state index contributed by atoms with van der Waals surface area (Å²) in [5, 5.41) is 11.2. The molecule has 1 aliphatic rings. The lowest BCUT2D eigenvalue weighted by Gasteiger charge is -2.14. The Morgan fingerprint density at radius 2 is 1.95 bits per heavy atom. The minimum Gasteiger partial charge on any atom is -0.396 e. The standard InChI is InChI=1S/C14H17ClN2O3/c15-10-3-5-11(6-4-10)17-13(19)9-12(14(17)20)16-7-1-2-8-18/h3-6,12,16,18H,1-2,7-9H2/p+1/t12-/m1/s1. The van der Waals surface area contributed by atoms with Crippen LogP contribution in [0.3, 0.4) is 0 Å². The van der Waals surface area contributed by atoms with Gasteiger partial charge >= 0.3 is 0 Å². The van der Waals surface area contributed by atoms with Gasteiger partial charge in [-0.05, 0) is 37.1 Å². The van der Waals surface area contributed by atoms with E-state index in [0.29, 0.717) is 17.1 Å². The van der Waals surface area contributed by atoms with Crippen molar-refractivity contribution in [2.45, 2.75) is 25.3 Å². The Kier molecular flexibility index (Phi) is 5.11. The summed E-state index contributed by atoms with van der Waals surface area (Å²) < 4.78 is 0. The lowest BCUT2D eigenvalue weighted by atomic mass is 10.2. The number of quaternary nitrogens is 1. The highest BCUT2D eigenvalue weighted by Gasteiger charge is 2.41. The maximum absolute atomic E-state index is 12.3. The number of nitrogens with zero attached hydrogens (tertiary/aromatic N) is 1. The van der Waals surface area contributed by atoms with Crippen LogP contribution in [-0.4, -0.2) is 36.1 Å². The summed E-state index contributed by atoms with van der Waals surface area (Å²) >= 11 is 5.80. The maximum atomic E-state index is 12.3. The molecule has 3 N–H and O–H groups in total. The molecule has 0 aliphatic carbocycles. The Labute approximate surface area is 122 Å². The van der Waals surface area contributed by atoms with Crippen LogP contribution < -0.4 is 10.2 Å². The summed E-state index contributed by atoms with van der Waals surface area (Å²) in [5.74, 6) is -0.359. The van der Waals surface area contributed by atoms with Crippen LogP contribution in [0.15, 0.2) is 24.3 Å². The lowest BCUT2D eigenvalue weighted by molar-refractivity contribution is -0.674. The molecule has 1 saturated heterocycles. The fourth-order valence-electron chi connectivity index (χ4n) is 2.28. The van der Waals surface area contributed by atoms with E-state index in [1.54, 1.807) is 24.3 Å². The van der Waals surface area contributed by atoms with Crippen LogP contribution in [0.2, 0.25) is 5.02 Å². The lowest BCUT2D eigenvalue weighted by Crippen LogP contribution is -2.91. The van der Waals surface area contributed by atoms with Crippen LogP contribution in [0.4, 0.5) is 5.69 Å². The molecule has 1 heterocycles. The van der Waals surface area contributed by atoms with Crippen LogP contribution in [0, 0.1) is 0 Å². The number of carbonyl (C=O) groups excluding carboxylic acids is 2. The van der Waals surface area contributed by atoms with Gasteiger partial charge in [-0.2, -0.15) is 0 Å². The zero-order chi connectivity index (χ0) is 14.5. The first-order valence-electron chi connectivity index (χ1n) is 6.70. The maximum Gasteiger partial charge on any atom is 0.292 e. The van der Waals surface area contributed by atoms with Gasteiger partial charge in [-0.1, -0.05) is 11.6 Å². The van der Waals surface area contributed by atoms with Crippen LogP contribution in [0.25, 0.3) is 0 Å². The second-order valence-corrected chi connectivity index (χ2v) is 5.25. The van der Waals surface area contributed by atoms with E-state index < -0.39 is 0 Å². The van der Waals surface area contributed by atoms with E-state index in [-0.39, 0.29) is 30.9 Å². The van der Waals surface area contributed by atoms with Crippen LogP contribution in [0.1, 0.15) is 19.3 Å². The zero-order valence-corrected chi connectivity index (χ0v) is 11.8. The van der Waals surface area contributed by atoms with E-state index in [4.69, 9.17) is 16.7 Å². The van der Waals surface area contributed by atoms with E-state index in [0.717, 1.165) is 13.0 Å². The number of halogens is 1. The molecular formula is C14H18ClN2O3+. The molecule has 1 aliphatic heterocycles. The third-order valence-electron chi connectivity index (χ3n) is 3.33. The van der Waals surface area contributed by atoms with E-state index in [1.807, 2.05) is 5.32 Å². The van der Waals surface area contributed by atoms with Crippen molar-refractivity contribution in [3.63, 3.8) is 0 Å². The van der Waals surface area contributed by atoms with Crippen molar-refractivity contribution in [3.8, 4) is 0 Å². The third-order valence-corrected chi connectivity index (χ3v) is 3.58. The average molecular weight is 298 g/mol. The average Bonchev–Trinajstić information content (AvgIpc) is 2.71. The summed E-state index contributed by atoms with van der Waals surface area (Å²) in [6.45, 7) is 0.890. The van der Waals surface area contributed by atoms with Crippen molar-refractivity contribution in [1.29, 1.82) is 0 Å². The topological polar surface area (TPSA) is 74.2 Å². The monoisotopic (exact) mass is 297 g/mol. The van der Waals surface area contributed by atoms with Gasteiger partial charge in [0.15, 0.2) is 6.04 Å². The highest BCUT2D eigenvalue weighted by molar-refractivity contribution is 6.30. The fraction of sp³-hybridized carbons (Fsp3) is 0.429. The number of aliphatic hydroxyl groups is 1. The second kappa shape index (κ2) is 6.83. The van der Waals surface area contributed by atoms with Gasteiger partial charge in [0, 0.05) is 11.6 Å². The summed E-state index contributed by atoms with van der Waals surface area (Å²) in [5.41, 5.74) is 0.565. The molecule has 0 saturated carbocycles. The largest absolute Gasteiger partial charge is 0.396 e. The Balaban J connectivity index is 2.00. The van der Waals surface area contributed by atoms with E-state index in [1.165, 1.54) is 4.90 Å². The number of hydrogen-bond acceptors (Lipinski definition) is 3. The number of benzene rings is 1. The number of aliphatic hydroxyl groups excluding tert-OH is 1. The number of carbonyl (C=O) groups is 2. The van der Waals surface area contributed by atoms with Crippen LogP contribution >= 0.6 is 11.6 Å². The van der Waals surface area contributed by atoms with Crippen molar-refractivity contribution in [1.82, 2.24) is 0 Å². The van der Waals surface area contributed by atoms with E-state index in [9.17, 15) is 9.59 Å². The van der Waals surface area contributed by atoms with Crippen molar-refractivity contribution in [2.75, 3.05) is 18.1 Å². The van der Waals surface area contributed by atoms with Gasteiger partial charge in [-0.15, -0.1) is 0 Å². The normalized spacial score (nSPS) is 18.9. The molecule has 1 aromatic rings. The zero-order valence-electron chi connectivity index (χ0n) is 11.1. The Morgan fingerprint density at radius 3 is 2.60 bits per heavy atom. The quantitative estimate of drug-likeness (QED) is 0.586. The summed E-state index contributed by atoms with van der Waals surface area (Å²) in [7, 11) is 0. The summed E-state index contributed by atoms with van der Waals surface area (Å²) in [4.78, 5) is 25.5. The molecule has 20 heavy (non-hydrogen) atoms. The molecule has 0 aromatic heterocycles. The van der Waals surface area contributed by atoms with Crippen LogP contribution in [0.5, 0.6) is 0 Å². The highest BCUT2D eigenvalue weighted by atomic mass is 35.5. The van der Waals surface area contributed by atoms with Gasteiger partial charge in [0.25, 0.3) is 5.91 Å². The molecule has 2 amide bonds. The predicted octanol–water partition coefficient (Wildman–Crippen LogP) is 0.308. The molecule has 5 nitrogen and oxygen atoms in total. The summed E-state index contributed by atoms with van der Waals surface area (Å²) in [6.07, 6.45) is 1.77. The molecule has 0 unspecified atom stereocenters. The molecule has 1 atom stereocenters. The Hall–Kier alpha value is -1.43. The van der Waals surface area contributed by atoms with Gasteiger partial charge in [0.05, 0.1) is 18.7 Å². The minimum atomic E-state index is -0.350. The third kappa shape index (κ3) is 3.36. The first-order valence-corrected chi connectivity index (χ1v) is 7.08. The SMILES string of the molecule is O=C1C[C@@H]([NH2+]CCCCO)C(=O)N1c1ccc(Cl)cc1. The van der Waals surface area contributed by atoms with Crippen molar-refractivity contribution in [2.24, 2.45) is 0 Å². The fourth-order valence-corrected chi connectivity index (χ4v) is 2.40. The highest BCUT2D eigenvalue weighted by Crippen LogP contribution is 2.23. The molecule has 0 radical (unpaired) electrons. The second-order valence-electron chi connectivity index (χ2n) is 4.81. The Morgan fingerprint density at radius 1 is 1.25 bits per heavy atom. The van der Waals surface area contributed by atoms with Gasteiger partial charge < -0.3 is 10.4 Å². The number of hydrogen-bond donors (Lipinski definition) is 2. The molecule has 108 valence electrons. The van der Waals surface area contributed by atoms with Crippen molar-refractivity contribution >= 4 is 29.1 Å². The van der Waals surface area contributed by atoms with E-state index in [2.05, 4.69) is 0 Å². The number of unbranched alkanes of at least 4 members (excludes halogenated alkanes) is 1. The first-order chi connectivity index (χ1) is 9.63. The molecule has 1 fully saturated rings.